The predicted molar refractivity (Wildman–Crippen MR) is 47.9 cm³/mol. The summed E-state index contributed by atoms with van der Waals surface area (Å²) < 4.78 is 147. The standard InChI is InChI=1S/C8H8F12N2O/c1-3(21(5(9,10)11)6(12,13)14)4(2)23-22(7(15,16)17)8(18,19)20/h3-4H,1-2H3/t3-,4+/m1/s1. The average Bonchev–Trinajstić information content (AvgIpc) is 2.17. The Labute approximate surface area is 120 Å². The number of halogens is 12. The van der Waals surface area contributed by atoms with Crippen molar-refractivity contribution in [2.24, 2.45) is 0 Å². The van der Waals surface area contributed by atoms with Gasteiger partial charge in [0.1, 0.15) is 0 Å². The largest absolute Gasteiger partial charge is 0.490 e. The van der Waals surface area contributed by atoms with Crippen LogP contribution < -0.4 is 0 Å². The molecule has 0 spiro atoms. The normalized spacial score (nSPS) is 17.7. The van der Waals surface area contributed by atoms with Gasteiger partial charge >= 0.3 is 25.2 Å². The maximum Gasteiger partial charge on any atom is 0.490 e. The molecule has 0 fully saturated rings. The van der Waals surface area contributed by atoms with E-state index in [0.29, 0.717) is 0 Å². The van der Waals surface area contributed by atoms with Crippen molar-refractivity contribution >= 4 is 0 Å². The van der Waals surface area contributed by atoms with E-state index in [0.717, 1.165) is 0 Å². The third kappa shape index (κ3) is 6.21. The second-order valence-electron chi connectivity index (χ2n) is 4.09. The molecule has 0 saturated carbocycles. The van der Waals surface area contributed by atoms with Gasteiger partial charge in [-0.2, -0.15) is 52.7 Å². The number of hydroxylamine groups is 2. The maximum atomic E-state index is 12.3. The molecule has 0 aromatic rings. The van der Waals surface area contributed by atoms with Gasteiger partial charge in [-0.25, -0.2) is 0 Å². The average molecular weight is 376 g/mol. The number of nitrogens with zero attached hydrogens (tertiary/aromatic N) is 2. The zero-order valence-electron chi connectivity index (χ0n) is 11.0. The van der Waals surface area contributed by atoms with Crippen LogP contribution in [0, 0.1) is 0 Å². The molecule has 0 saturated heterocycles. The summed E-state index contributed by atoms with van der Waals surface area (Å²) in [6.07, 6.45) is -27.4. The Kier molecular flexibility index (Phi) is 6.23. The van der Waals surface area contributed by atoms with Gasteiger partial charge in [0.25, 0.3) is 0 Å². The minimum atomic E-state index is -6.23. The molecule has 0 bridgehead atoms. The fourth-order valence-corrected chi connectivity index (χ4v) is 1.33. The van der Waals surface area contributed by atoms with Gasteiger partial charge in [0, 0.05) is 5.06 Å². The van der Waals surface area contributed by atoms with Crippen molar-refractivity contribution in [2.75, 3.05) is 0 Å². The van der Waals surface area contributed by atoms with E-state index in [9.17, 15) is 52.7 Å². The number of alkyl halides is 12. The van der Waals surface area contributed by atoms with Crippen LogP contribution in [0.25, 0.3) is 0 Å². The molecular weight excluding hydrogens is 368 g/mol. The van der Waals surface area contributed by atoms with Crippen molar-refractivity contribution in [2.45, 2.75) is 51.2 Å². The minimum absolute atomic E-state index is 0.108. The van der Waals surface area contributed by atoms with Crippen LogP contribution >= 0.6 is 0 Å². The van der Waals surface area contributed by atoms with Crippen LogP contribution in [0.1, 0.15) is 13.8 Å². The molecule has 0 heterocycles. The van der Waals surface area contributed by atoms with E-state index < -0.39 is 47.3 Å². The summed E-state index contributed by atoms with van der Waals surface area (Å²) in [5.41, 5.74) is 0. The zero-order valence-corrected chi connectivity index (χ0v) is 11.0. The summed E-state index contributed by atoms with van der Waals surface area (Å²) in [4.78, 5) is 1.08. The number of hydrogen-bond donors (Lipinski definition) is 0. The number of hydrogen-bond acceptors (Lipinski definition) is 3. The molecule has 23 heavy (non-hydrogen) atoms. The highest BCUT2D eigenvalue weighted by Crippen LogP contribution is 2.39. The molecule has 3 nitrogen and oxygen atoms in total. The summed E-state index contributed by atoms with van der Waals surface area (Å²) in [6, 6.07) is -2.94. The third-order valence-electron chi connectivity index (χ3n) is 2.37. The second-order valence-corrected chi connectivity index (χ2v) is 4.09. The van der Waals surface area contributed by atoms with E-state index in [2.05, 4.69) is 4.84 Å². The molecule has 0 aliphatic heterocycles. The van der Waals surface area contributed by atoms with Crippen LogP contribution in [0.5, 0.6) is 0 Å². The highest BCUT2D eigenvalue weighted by molar-refractivity contribution is 4.77. The summed E-state index contributed by atoms with van der Waals surface area (Å²) >= 11 is 0. The van der Waals surface area contributed by atoms with Crippen LogP contribution in [0.2, 0.25) is 0 Å². The quantitative estimate of drug-likeness (QED) is 0.412. The third-order valence-corrected chi connectivity index (χ3v) is 2.37. The molecule has 0 aromatic carbocycles. The molecule has 0 unspecified atom stereocenters. The molecule has 0 N–H and O–H groups in total. The molecular formula is C8H8F12N2O. The molecule has 2 atom stereocenters. The second kappa shape index (κ2) is 6.51. The first-order chi connectivity index (χ1) is 9.79. The molecule has 0 aliphatic carbocycles. The minimum Gasteiger partial charge on any atom is -0.279 e. The Morgan fingerprint density at radius 3 is 1.13 bits per heavy atom. The Morgan fingerprint density at radius 1 is 0.609 bits per heavy atom. The van der Waals surface area contributed by atoms with Crippen molar-refractivity contribution in [1.82, 2.24) is 9.96 Å². The van der Waals surface area contributed by atoms with E-state index >= 15 is 0 Å². The van der Waals surface area contributed by atoms with Gasteiger partial charge in [-0.05, 0) is 13.8 Å². The highest BCUT2D eigenvalue weighted by atomic mass is 19.4. The molecule has 0 amide bonds. The van der Waals surface area contributed by atoms with Gasteiger partial charge < -0.3 is 0 Å². The molecule has 15 heteroatoms. The lowest BCUT2D eigenvalue weighted by Gasteiger charge is -2.37. The van der Waals surface area contributed by atoms with E-state index in [-0.39, 0.29) is 13.8 Å². The lowest BCUT2D eigenvalue weighted by molar-refractivity contribution is -0.496. The van der Waals surface area contributed by atoms with Crippen molar-refractivity contribution < 1.29 is 57.5 Å². The summed E-state index contributed by atoms with van der Waals surface area (Å²) in [5, 5.41) is -2.58. The van der Waals surface area contributed by atoms with Gasteiger partial charge in [0.15, 0.2) is 0 Å². The summed E-state index contributed by atoms with van der Waals surface area (Å²) in [7, 11) is 0. The van der Waals surface area contributed by atoms with Gasteiger partial charge in [-0.3, -0.25) is 4.84 Å². The highest BCUT2D eigenvalue weighted by Gasteiger charge is 2.60. The molecule has 0 radical (unpaired) electrons. The van der Waals surface area contributed by atoms with Gasteiger partial charge in [0.2, 0.25) is 0 Å². The zero-order chi connectivity index (χ0) is 19.0. The van der Waals surface area contributed by atoms with Gasteiger partial charge in [-0.15, -0.1) is 4.90 Å². The SMILES string of the molecule is C[C@H](ON(C(F)(F)F)C(F)(F)F)[C@@H](C)N(C(F)(F)F)C(F)(F)F. The van der Waals surface area contributed by atoms with Crippen LogP contribution in [0.3, 0.4) is 0 Å². The van der Waals surface area contributed by atoms with Gasteiger partial charge in [0.05, 0.1) is 12.1 Å². The van der Waals surface area contributed by atoms with E-state index in [1.807, 2.05) is 0 Å². The van der Waals surface area contributed by atoms with Crippen LogP contribution in [-0.4, -0.2) is 47.3 Å². The van der Waals surface area contributed by atoms with E-state index in [1.165, 1.54) is 0 Å². The lowest BCUT2D eigenvalue weighted by Crippen LogP contribution is -2.59. The molecule has 0 aromatic heterocycles. The Bertz CT molecular complexity index is 354. The van der Waals surface area contributed by atoms with E-state index in [1.54, 1.807) is 0 Å². The lowest BCUT2D eigenvalue weighted by atomic mass is 10.2. The monoisotopic (exact) mass is 376 g/mol. The van der Waals surface area contributed by atoms with Crippen LogP contribution in [-0.2, 0) is 4.84 Å². The first-order valence-corrected chi connectivity index (χ1v) is 5.33. The molecule has 140 valence electrons. The first-order valence-electron chi connectivity index (χ1n) is 5.33. The Hall–Kier alpha value is -0.960. The molecule has 0 aliphatic rings. The fourth-order valence-electron chi connectivity index (χ4n) is 1.33. The topological polar surface area (TPSA) is 15.7 Å². The van der Waals surface area contributed by atoms with Crippen LogP contribution in [0.4, 0.5) is 52.7 Å². The Morgan fingerprint density at radius 2 is 0.913 bits per heavy atom. The maximum absolute atomic E-state index is 12.3. The summed E-state index contributed by atoms with van der Waals surface area (Å²) in [6.45, 7) is 0.302. The van der Waals surface area contributed by atoms with E-state index in [4.69, 9.17) is 0 Å². The molecule has 0 rings (SSSR count). The summed E-state index contributed by atoms with van der Waals surface area (Å²) in [5.74, 6) is 0. The van der Waals surface area contributed by atoms with Crippen molar-refractivity contribution in [3.63, 3.8) is 0 Å². The fraction of sp³-hybridized carbons (Fsp3) is 1.00. The van der Waals surface area contributed by atoms with Crippen molar-refractivity contribution in [1.29, 1.82) is 0 Å². The van der Waals surface area contributed by atoms with Gasteiger partial charge in [-0.1, -0.05) is 0 Å². The van der Waals surface area contributed by atoms with Crippen molar-refractivity contribution in [3.05, 3.63) is 0 Å². The number of rotatable bonds is 4. The predicted octanol–water partition coefficient (Wildman–Crippen LogP) is 4.38. The Balaban J connectivity index is 5.46. The van der Waals surface area contributed by atoms with Crippen LogP contribution in [0.15, 0.2) is 0 Å². The van der Waals surface area contributed by atoms with Crippen molar-refractivity contribution in [3.8, 4) is 0 Å². The smallest absolute Gasteiger partial charge is 0.279 e. The first kappa shape index (κ1) is 22.0.